The van der Waals surface area contributed by atoms with E-state index in [0.29, 0.717) is 5.92 Å². The SMILES string of the molecule is CCC1CCC(C(NN)c2ncc(C)cn2)CC1. The summed E-state index contributed by atoms with van der Waals surface area (Å²) < 4.78 is 0. The smallest absolute Gasteiger partial charge is 0.146 e. The van der Waals surface area contributed by atoms with Gasteiger partial charge in [-0.3, -0.25) is 5.84 Å². The molecular weight excluding hydrogens is 224 g/mol. The van der Waals surface area contributed by atoms with Crippen LogP contribution in [0, 0.1) is 18.8 Å². The van der Waals surface area contributed by atoms with Crippen LogP contribution >= 0.6 is 0 Å². The minimum Gasteiger partial charge on any atom is -0.271 e. The van der Waals surface area contributed by atoms with Crippen molar-refractivity contribution in [3.63, 3.8) is 0 Å². The first-order valence-electron chi connectivity index (χ1n) is 6.99. The van der Waals surface area contributed by atoms with Gasteiger partial charge in [-0.1, -0.05) is 26.2 Å². The Morgan fingerprint density at radius 1 is 1.28 bits per heavy atom. The number of nitrogens with two attached hydrogens (primary N) is 1. The van der Waals surface area contributed by atoms with Crippen molar-refractivity contribution in [2.24, 2.45) is 17.7 Å². The number of nitrogens with one attached hydrogen (secondary N) is 1. The number of aromatic nitrogens is 2. The predicted molar refractivity (Wildman–Crippen MR) is 72.6 cm³/mol. The molecule has 0 bridgehead atoms. The molecule has 0 aromatic carbocycles. The third-order valence-corrected chi connectivity index (χ3v) is 4.20. The van der Waals surface area contributed by atoms with Gasteiger partial charge in [0.25, 0.3) is 0 Å². The third-order valence-electron chi connectivity index (χ3n) is 4.20. The normalized spacial score (nSPS) is 25.9. The minimum atomic E-state index is 0.100. The van der Waals surface area contributed by atoms with Crippen LogP contribution in [0.1, 0.15) is 56.5 Å². The van der Waals surface area contributed by atoms with Gasteiger partial charge in [-0.05, 0) is 37.2 Å². The second-order valence-electron chi connectivity index (χ2n) is 5.45. The number of aryl methyl sites for hydroxylation is 1. The molecule has 4 heteroatoms. The second-order valence-corrected chi connectivity index (χ2v) is 5.45. The van der Waals surface area contributed by atoms with Crippen molar-refractivity contribution in [3.05, 3.63) is 23.8 Å². The van der Waals surface area contributed by atoms with E-state index in [1.165, 1.54) is 32.1 Å². The quantitative estimate of drug-likeness (QED) is 0.635. The van der Waals surface area contributed by atoms with Gasteiger partial charge in [-0.25, -0.2) is 15.4 Å². The highest BCUT2D eigenvalue weighted by molar-refractivity contribution is 5.05. The summed E-state index contributed by atoms with van der Waals surface area (Å²) in [4.78, 5) is 8.82. The van der Waals surface area contributed by atoms with Gasteiger partial charge >= 0.3 is 0 Å². The molecule has 0 radical (unpaired) electrons. The maximum Gasteiger partial charge on any atom is 0.146 e. The molecule has 1 saturated carbocycles. The number of hydrogen-bond donors (Lipinski definition) is 2. The van der Waals surface area contributed by atoms with Crippen molar-refractivity contribution in [2.45, 2.75) is 52.0 Å². The number of hydrogen-bond acceptors (Lipinski definition) is 4. The van der Waals surface area contributed by atoms with Crippen LogP contribution in [-0.4, -0.2) is 9.97 Å². The highest BCUT2D eigenvalue weighted by atomic mass is 15.2. The Hall–Kier alpha value is -1.00. The first-order valence-corrected chi connectivity index (χ1v) is 6.99. The van der Waals surface area contributed by atoms with Crippen LogP contribution in [0.4, 0.5) is 0 Å². The Morgan fingerprint density at radius 3 is 2.39 bits per heavy atom. The zero-order valence-electron chi connectivity index (χ0n) is 11.4. The summed E-state index contributed by atoms with van der Waals surface area (Å²) in [6.07, 6.45) is 10.1. The summed E-state index contributed by atoms with van der Waals surface area (Å²) in [5, 5.41) is 0. The molecule has 1 heterocycles. The topological polar surface area (TPSA) is 63.8 Å². The molecule has 1 aromatic rings. The van der Waals surface area contributed by atoms with Gasteiger partial charge in [0.05, 0.1) is 6.04 Å². The molecule has 1 fully saturated rings. The molecule has 1 aliphatic rings. The van der Waals surface area contributed by atoms with E-state index in [0.717, 1.165) is 17.3 Å². The van der Waals surface area contributed by atoms with Crippen molar-refractivity contribution in [1.82, 2.24) is 15.4 Å². The lowest BCUT2D eigenvalue weighted by atomic mass is 9.77. The van der Waals surface area contributed by atoms with Gasteiger partial charge in [-0.2, -0.15) is 0 Å². The van der Waals surface area contributed by atoms with Crippen LogP contribution in [0.5, 0.6) is 0 Å². The van der Waals surface area contributed by atoms with E-state index in [2.05, 4.69) is 22.3 Å². The lowest BCUT2D eigenvalue weighted by Crippen LogP contribution is -2.36. The summed E-state index contributed by atoms with van der Waals surface area (Å²) in [6, 6.07) is 0.100. The molecular formula is C14H24N4. The fraction of sp³-hybridized carbons (Fsp3) is 0.714. The highest BCUT2D eigenvalue weighted by Crippen LogP contribution is 2.36. The fourth-order valence-corrected chi connectivity index (χ4v) is 2.91. The second kappa shape index (κ2) is 6.25. The fourth-order valence-electron chi connectivity index (χ4n) is 2.91. The van der Waals surface area contributed by atoms with Crippen LogP contribution in [0.3, 0.4) is 0 Å². The Bertz CT molecular complexity index is 355. The van der Waals surface area contributed by atoms with E-state index in [4.69, 9.17) is 5.84 Å². The van der Waals surface area contributed by atoms with Gasteiger partial charge in [-0.15, -0.1) is 0 Å². The van der Waals surface area contributed by atoms with Gasteiger partial charge in [0.15, 0.2) is 0 Å². The monoisotopic (exact) mass is 248 g/mol. The molecule has 0 saturated heterocycles. The Morgan fingerprint density at radius 2 is 1.89 bits per heavy atom. The van der Waals surface area contributed by atoms with Crippen LogP contribution in [0.25, 0.3) is 0 Å². The summed E-state index contributed by atoms with van der Waals surface area (Å²) in [7, 11) is 0. The van der Waals surface area contributed by atoms with Crippen LogP contribution in [0.15, 0.2) is 12.4 Å². The zero-order valence-corrected chi connectivity index (χ0v) is 11.4. The van der Waals surface area contributed by atoms with E-state index < -0.39 is 0 Å². The Balaban J connectivity index is 2.03. The standard InChI is InChI=1S/C14H24N4/c1-3-11-4-6-12(7-5-11)13(18-15)14-16-8-10(2)9-17-14/h8-9,11-13,18H,3-7,15H2,1-2H3. The van der Waals surface area contributed by atoms with Crippen molar-refractivity contribution >= 4 is 0 Å². The van der Waals surface area contributed by atoms with E-state index in [9.17, 15) is 0 Å². The first kappa shape index (κ1) is 13.4. The van der Waals surface area contributed by atoms with Gasteiger partial charge < -0.3 is 0 Å². The maximum absolute atomic E-state index is 5.71. The largest absolute Gasteiger partial charge is 0.271 e. The maximum atomic E-state index is 5.71. The molecule has 3 N–H and O–H groups in total. The molecule has 1 atom stereocenters. The molecule has 0 aliphatic heterocycles. The molecule has 0 spiro atoms. The van der Waals surface area contributed by atoms with Crippen molar-refractivity contribution in [1.29, 1.82) is 0 Å². The average molecular weight is 248 g/mol. The lowest BCUT2D eigenvalue weighted by Gasteiger charge is -2.32. The first-order chi connectivity index (χ1) is 8.74. The van der Waals surface area contributed by atoms with Crippen molar-refractivity contribution < 1.29 is 0 Å². The van der Waals surface area contributed by atoms with Crippen molar-refractivity contribution in [2.75, 3.05) is 0 Å². The van der Waals surface area contributed by atoms with Gasteiger partial charge in [0.2, 0.25) is 0 Å². The number of rotatable bonds is 4. The summed E-state index contributed by atoms with van der Waals surface area (Å²) in [6.45, 7) is 4.29. The number of hydrazine groups is 1. The van der Waals surface area contributed by atoms with E-state index >= 15 is 0 Å². The number of nitrogens with zero attached hydrogens (tertiary/aromatic N) is 2. The molecule has 1 aromatic heterocycles. The van der Waals surface area contributed by atoms with E-state index in [1.807, 2.05) is 19.3 Å². The molecule has 0 amide bonds. The zero-order chi connectivity index (χ0) is 13.0. The van der Waals surface area contributed by atoms with Crippen LogP contribution < -0.4 is 11.3 Å². The Kier molecular flexibility index (Phi) is 4.66. The summed E-state index contributed by atoms with van der Waals surface area (Å²) in [5.41, 5.74) is 4.00. The molecule has 2 rings (SSSR count). The molecule has 4 nitrogen and oxygen atoms in total. The molecule has 100 valence electrons. The highest BCUT2D eigenvalue weighted by Gasteiger charge is 2.28. The summed E-state index contributed by atoms with van der Waals surface area (Å²) in [5.74, 6) is 8.02. The Labute approximate surface area is 109 Å². The van der Waals surface area contributed by atoms with Gasteiger partial charge in [0, 0.05) is 12.4 Å². The third kappa shape index (κ3) is 3.06. The van der Waals surface area contributed by atoms with Crippen LogP contribution in [-0.2, 0) is 0 Å². The van der Waals surface area contributed by atoms with E-state index in [-0.39, 0.29) is 6.04 Å². The molecule has 18 heavy (non-hydrogen) atoms. The average Bonchev–Trinajstić information content (AvgIpc) is 2.42. The van der Waals surface area contributed by atoms with E-state index in [1.54, 1.807) is 0 Å². The minimum absolute atomic E-state index is 0.100. The molecule has 1 unspecified atom stereocenters. The van der Waals surface area contributed by atoms with Gasteiger partial charge in [0.1, 0.15) is 5.82 Å². The van der Waals surface area contributed by atoms with Crippen molar-refractivity contribution in [3.8, 4) is 0 Å². The van der Waals surface area contributed by atoms with Crippen LogP contribution in [0.2, 0.25) is 0 Å². The lowest BCUT2D eigenvalue weighted by molar-refractivity contribution is 0.214. The predicted octanol–water partition coefficient (Wildman–Crippen LogP) is 2.51. The summed E-state index contributed by atoms with van der Waals surface area (Å²) >= 11 is 0. The molecule has 1 aliphatic carbocycles.